The summed E-state index contributed by atoms with van der Waals surface area (Å²) in [5, 5.41) is 7.13. The molecule has 0 fully saturated rings. The minimum atomic E-state index is 0.894. The van der Waals surface area contributed by atoms with Gasteiger partial charge in [-0.3, -0.25) is 0 Å². The summed E-state index contributed by atoms with van der Waals surface area (Å²) < 4.78 is 6.45. The van der Waals surface area contributed by atoms with Crippen molar-refractivity contribution in [3.8, 4) is 44.5 Å². The van der Waals surface area contributed by atoms with Crippen molar-refractivity contribution in [2.75, 3.05) is 4.90 Å². The smallest absolute Gasteiger partial charge is 0.136 e. The van der Waals surface area contributed by atoms with Gasteiger partial charge in [0.1, 0.15) is 11.2 Å². The Morgan fingerprint density at radius 1 is 0.293 bits per heavy atom. The second-order valence-corrected chi connectivity index (χ2v) is 14.9. The third kappa shape index (κ3) is 5.91. The van der Waals surface area contributed by atoms with Crippen molar-refractivity contribution in [3.63, 3.8) is 0 Å². The summed E-state index contributed by atoms with van der Waals surface area (Å²) in [4.78, 5) is 2.40. The first-order valence-electron chi connectivity index (χ1n) is 19.8. The Balaban J connectivity index is 1.08. The van der Waals surface area contributed by atoms with Gasteiger partial charge in [0.25, 0.3) is 0 Å². The zero-order valence-electron chi connectivity index (χ0n) is 31.7. The average Bonchev–Trinajstić information content (AvgIpc) is 3.67. The van der Waals surface area contributed by atoms with Crippen LogP contribution in [0.25, 0.3) is 88.0 Å². The van der Waals surface area contributed by atoms with Crippen LogP contribution in [0, 0.1) is 0 Å². The van der Waals surface area contributed by atoms with Crippen molar-refractivity contribution in [3.05, 3.63) is 224 Å². The van der Waals surface area contributed by atoms with Gasteiger partial charge in [0, 0.05) is 27.7 Å². The van der Waals surface area contributed by atoms with Crippen molar-refractivity contribution >= 4 is 60.5 Å². The van der Waals surface area contributed by atoms with Gasteiger partial charge in [-0.2, -0.15) is 0 Å². The highest BCUT2D eigenvalue weighted by Gasteiger charge is 2.20. The Bertz CT molecular complexity index is 3250. The summed E-state index contributed by atoms with van der Waals surface area (Å²) in [5.41, 5.74) is 14.4. The Labute approximate surface area is 337 Å². The van der Waals surface area contributed by atoms with E-state index >= 15 is 0 Å². The van der Waals surface area contributed by atoms with Gasteiger partial charge in [-0.1, -0.05) is 170 Å². The van der Waals surface area contributed by atoms with Crippen molar-refractivity contribution in [1.82, 2.24) is 0 Å². The van der Waals surface area contributed by atoms with Crippen LogP contribution in [0.15, 0.2) is 229 Å². The molecule has 11 rings (SSSR count). The molecule has 0 aliphatic heterocycles. The van der Waals surface area contributed by atoms with E-state index in [2.05, 4.69) is 229 Å². The molecule has 1 aromatic heterocycles. The lowest BCUT2D eigenvalue weighted by atomic mass is 9.93. The molecule has 0 aliphatic carbocycles. The number of rotatable bonds is 7. The molecule has 272 valence electrons. The molecule has 0 spiro atoms. The molecule has 0 amide bonds. The Morgan fingerprint density at radius 3 is 1.57 bits per heavy atom. The van der Waals surface area contributed by atoms with E-state index in [-0.39, 0.29) is 0 Å². The Hall–Kier alpha value is -7.68. The molecule has 58 heavy (non-hydrogen) atoms. The van der Waals surface area contributed by atoms with Gasteiger partial charge in [0.05, 0.1) is 5.69 Å². The van der Waals surface area contributed by atoms with Gasteiger partial charge in [0.2, 0.25) is 0 Å². The second-order valence-electron chi connectivity index (χ2n) is 14.9. The first kappa shape index (κ1) is 33.6. The lowest BCUT2D eigenvalue weighted by molar-refractivity contribution is 0.669. The molecule has 0 bridgehead atoms. The maximum absolute atomic E-state index is 6.45. The fourth-order valence-corrected chi connectivity index (χ4v) is 8.63. The molecular formula is C56H37NO. The van der Waals surface area contributed by atoms with E-state index in [0.717, 1.165) is 61.3 Å². The molecule has 10 aromatic carbocycles. The number of hydrogen-bond donors (Lipinski definition) is 0. The number of fused-ring (bicyclic) bond motifs is 5. The van der Waals surface area contributed by atoms with Gasteiger partial charge < -0.3 is 9.32 Å². The van der Waals surface area contributed by atoms with Crippen LogP contribution < -0.4 is 4.90 Å². The lowest BCUT2D eigenvalue weighted by Crippen LogP contribution is -2.11. The van der Waals surface area contributed by atoms with Gasteiger partial charge in [-0.25, -0.2) is 0 Å². The lowest BCUT2D eigenvalue weighted by Gasteiger charge is -2.29. The predicted molar refractivity (Wildman–Crippen MR) is 245 cm³/mol. The van der Waals surface area contributed by atoms with Crippen LogP contribution in [0.3, 0.4) is 0 Å². The maximum atomic E-state index is 6.45. The summed E-state index contributed by atoms with van der Waals surface area (Å²) in [6.07, 6.45) is 0. The number of anilines is 3. The topological polar surface area (TPSA) is 16.4 Å². The van der Waals surface area contributed by atoms with Crippen LogP contribution in [0.4, 0.5) is 17.1 Å². The van der Waals surface area contributed by atoms with E-state index in [1.807, 2.05) is 0 Å². The quantitative estimate of drug-likeness (QED) is 0.162. The standard InChI is InChI=1S/C56H37NO/c1-3-13-38(14-4-1)39-25-30-46(31-26-39)57(53-34-29-45(36-51(53)41-15-5-2-6-16-41)49-22-11-20-40-17-9-10-21-48(40)49)47-32-27-42(28-33-47)50-23-12-24-54-56(50)52-35-43-18-7-8-19-44(43)37-55(52)58-54/h1-37H. The van der Waals surface area contributed by atoms with Crippen LogP contribution >= 0.6 is 0 Å². The Morgan fingerprint density at radius 2 is 0.828 bits per heavy atom. The third-order valence-electron chi connectivity index (χ3n) is 11.5. The van der Waals surface area contributed by atoms with Crippen LogP contribution in [-0.4, -0.2) is 0 Å². The van der Waals surface area contributed by atoms with E-state index in [0.29, 0.717) is 0 Å². The van der Waals surface area contributed by atoms with E-state index in [4.69, 9.17) is 4.42 Å². The van der Waals surface area contributed by atoms with Crippen molar-refractivity contribution in [2.24, 2.45) is 0 Å². The van der Waals surface area contributed by atoms with Gasteiger partial charge >= 0.3 is 0 Å². The molecule has 0 unspecified atom stereocenters. The molecule has 1 heterocycles. The van der Waals surface area contributed by atoms with E-state index in [1.165, 1.54) is 43.8 Å². The molecule has 0 aliphatic rings. The van der Waals surface area contributed by atoms with Gasteiger partial charge in [-0.05, 0) is 115 Å². The molecule has 0 saturated carbocycles. The molecular weight excluding hydrogens is 703 g/mol. The molecule has 2 heteroatoms. The van der Waals surface area contributed by atoms with Crippen LogP contribution in [-0.2, 0) is 0 Å². The zero-order valence-corrected chi connectivity index (χ0v) is 31.7. The van der Waals surface area contributed by atoms with Crippen LogP contribution in [0.1, 0.15) is 0 Å². The zero-order chi connectivity index (χ0) is 38.4. The summed E-state index contributed by atoms with van der Waals surface area (Å²) >= 11 is 0. The van der Waals surface area contributed by atoms with E-state index in [1.54, 1.807) is 0 Å². The number of hydrogen-bond acceptors (Lipinski definition) is 2. The number of furan rings is 1. The molecule has 0 N–H and O–H groups in total. The number of benzene rings is 10. The minimum Gasteiger partial charge on any atom is -0.456 e. The largest absolute Gasteiger partial charge is 0.456 e. The highest BCUT2D eigenvalue weighted by molar-refractivity contribution is 6.15. The summed E-state index contributed by atoms with van der Waals surface area (Å²) in [6.45, 7) is 0. The minimum absolute atomic E-state index is 0.894. The van der Waals surface area contributed by atoms with Gasteiger partial charge in [-0.15, -0.1) is 0 Å². The van der Waals surface area contributed by atoms with E-state index < -0.39 is 0 Å². The Kier molecular flexibility index (Phi) is 8.19. The molecule has 11 aromatic rings. The average molecular weight is 740 g/mol. The summed E-state index contributed by atoms with van der Waals surface area (Å²) in [7, 11) is 0. The molecule has 0 atom stereocenters. The van der Waals surface area contributed by atoms with E-state index in [9.17, 15) is 0 Å². The molecule has 0 radical (unpaired) electrons. The molecule has 0 saturated heterocycles. The third-order valence-corrected chi connectivity index (χ3v) is 11.5. The second kappa shape index (κ2) is 14.1. The van der Waals surface area contributed by atoms with Gasteiger partial charge in [0.15, 0.2) is 0 Å². The highest BCUT2D eigenvalue weighted by atomic mass is 16.3. The number of nitrogens with zero attached hydrogens (tertiary/aromatic N) is 1. The first-order chi connectivity index (χ1) is 28.7. The predicted octanol–water partition coefficient (Wildman–Crippen LogP) is 16.0. The van der Waals surface area contributed by atoms with Crippen molar-refractivity contribution < 1.29 is 4.42 Å². The highest BCUT2D eigenvalue weighted by Crippen LogP contribution is 2.45. The maximum Gasteiger partial charge on any atom is 0.136 e. The molecule has 2 nitrogen and oxygen atoms in total. The summed E-state index contributed by atoms with van der Waals surface area (Å²) in [5.74, 6) is 0. The monoisotopic (exact) mass is 739 g/mol. The van der Waals surface area contributed by atoms with Crippen molar-refractivity contribution in [1.29, 1.82) is 0 Å². The summed E-state index contributed by atoms with van der Waals surface area (Å²) in [6, 6.07) is 80.7. The van der Waals surface area contributed by atoms with Crippen LogP contribution in [0.5, 0.6) is 0 Å². The first-order valence-corrected chi connectivity index (χ1v) is 19.8. The normalized spacial score (nSPS) is 11.4. The van der Waals surface area contributed by atoms with Crippen molar-refractivity contribution in [2.45, 2.75) is 0 Å². The fraction of sp³-hybridized carbons (Fsp3) is 0. The fourth-order valence-electron chi connectivity index (χ4n) is 8.63. The SMILES string of the molecule is c1ccc(-c2ccc(N(c3ccc(-c4cccc5oc6cc7ccccc7cc6c45)cc3)c3ccc(-c4cccc5ccccc45)cc3-c3ccccc3)cc2)cc1. The van der Waals surface area contributed by atoms with Crippen LogP contribution in [0.2, 0.25) is 0 Å².